The van der Waals surface area contributed by atoms with Crippen LogP contribution < -0.4 is 10.2 Å². The lowest BCUT2D eigenvalue weighted by molar-refractivity contribution is -0.120. The van der Waals surface area contributed by atoms with Crippen LogP contribution in [0.2, 0.25) is 10.0 Å². The van der Waals surface area contributed by atoms with E-state index in [4.69, 9.17) is 34.8 Å². The van der Waals surface area contributed by atoms with Crippen molar-refractivity contribution in [1.82, 2.24) is 0 Å². The number of benzene rings is 2. The van der Waals surface area contributed by atoms with Crippen molar-refractivity contribution in [2.45, 2.75) is 13.3 Å². The lowest BCUT2D eigenvalue weighted by atomic mass is 10.1. The number of nitrogens with one attached hydrogen (secondary N) is 1. The number of aryl methyl sites for hydroxylation is 1. The lowest BCUT2D eigenvalue weighted by Crippen LogP contribution is -2.32. The number of anilines is 2. The van der Waals surface area contributed by atoms with Gasteiger partial charge in [0.05, 0.1) is 5.69 Å². The van der Waals surface area contributed by atoms with Crippen LogP contribution >= 0.6 is 34.8 Å². The molecule has 0 aromatic heterocycles. The van der Waals surface area contributed by atoms with Gasteiger partial charge in [0.1, 0.15) is 10.7 Å². The van der Waals surface area contributed by atoms with Crippen LogP contribution in [0.25, 0.3) is 0 Å². The molecule has 0 saturated heterocycles. The molecule has 1 aliphatic rings. The van der Waals surface area contributed by atoms with Crippen LogP contribution in [-0.4, -0.2) is 11.8 Å². The molecule has 25 heavy (non-hydrogen) atoms. The van der Waals surface area contributed by atoms with E-state index < -0.39 is 11.8 Å². The minimum atomic E-state index is -0.627. The summed E-state index contributed by atoms with van der Waals surface area (Å²) in [5.41, 5.74) is 2.11. The van der Waals surface area contributed by atoms with Crippen molar-refractivity contribution in [2.24, 2.45) is 0 Å². The van der Waals surface area contributed by atoms with Gasteiger partial charge in [-0.25, -0.2) is 4.90 Å². The predicted molar refractivity (Wildman–Crippen MR) is 101 cm³/mol. The highest BCUT2D eigenvalue weighted by Crippen LogP contribution is 2.33. The fraction of sp³-hybridized carbons (Fsp3) is 0.111. The van der Waals surface area contributed by atoms with Gasteiger partial charge >= 0.3 is 0 Å². The maximum absolute atomic E-state index is 12.7. The van der Waals surface area contributed by atoms with Gasteiger partial charge in [-0.05, 0) is 42.3 Å². The average Bonchev–Trinajstić information content (AvgIpc) is 2.78. The lowest BCUT2D eigenvalue weighted by Gasteiger charge is -2.16. The Balaban J connectivity index is 1.90. The van der Waals surface area contributed by atoms with Crippen LogP contribution in [-0.2, 0) is 16.0 Å². The molecule has 1 N–H and O–H groups in total. The standard InChI is InChI=1S/C18H13Cl3N2O2/c1-2-10-3-5-13(6-4-10)22-16-15(21)17(24)23(18(16)25)14-8-11(19)7-12(20)9-14/h3-9,22H,2H2,1H3. The van der Waals surface area contributed by atoms with Gasteiger partial charge in [-0.2, -0.15) is 0 Å². The number of amides is 2. The number of imide groups is 1. The highest BCUT2D eigenvalue weighted by molar-refractivity contribution is 6.53. The normalized spacial score (nSPS) is 14.5. The van der Waals surface area contributed by atoms with E-state index in [1.807, 2.05) is 24.3 Å². The van der Waals surface area contributed by atoms with Gasteiger partial charge in [0.25, 0.3) is 11.8 Å². The molecule has 2 aromatic carbocycles. The molecule has 1 aliphatic heterocycles. The fourth-order valence-corrected chi connectivity index (χ4v) is 3.21. The maximum atomic E-state index is 12.7. The molecule has 0 bridgehead atoms. The van der Waals surface area contributed by atoms with Crippen molar-refractivity contribution in [3.8, 4) is 0 Å². The Hall–Kier alpha value is -2.01. The molecule has 7 heteroatoms. The van der Waals surface area contributed by atoms with Crippen molar-refractivity contribution >= 4 is 58.0 Å². The number of halogens is 3. The molecule has 0 spiro atoms. The minimum absolute atomic E-state index is 0.0204. The fourth-order valence-electron chi connectivity index (χ4n) is 2.48. The third-order valence-corrected chi connectivity index (χ3v) is 4.55. The number of carbonyl (C=O) groups excluding carboxylic acids is 2. The molecule has 4 nitrogen and oxygen atoms in total. The Morgan fingerprint density at radius 1 is 0.920 bits per heavy atom. The maximum Gasteiger partial charge on any atom is 0.283 e. The number of carbonyl (C=O) groups is 2. The largest absolute Gasteiger partial charge is 0.350 e. The molecule has 0 fully saturated rings. The summed E-state index contributed by atoms with van der Waals surface area (Å²) >= 11 is 18.0. The molecule has 0 unspecified atom stereocenters. The highest BCUT2D eigenvalue weighted by Gasteiger charge is 2.39. The van der Waals surface area contributed by atoms with Gasteiger partial charge in [-0.15, -0.1) is 0 Å². The van der Waals surface area contributed by atoms with Gasteiger partial charge in [0, 0.05) is 15.7 Å². The van der Waals surface area contributed by atoms with Crippen molar-refractivity contribution in [3.05, 3.63) is 68.8 Å². The first-order valence-corrected chi connectivity index (χ1v) is 8.64. The van der Waals surface area contributed by atoms with E-state index in [0.717, 1.165) is 16.9 Å². The second kappa shape index (κ2) is 7.08. The molecule has 0 aliphatic carbocycles. The third-order valence-electron chi connectivity index (χ3n) is 3.76. The zero-order valence-corrected chi connectivity index (χ0v) is 15.4. The SMILES string of the molecule is CCc1ccc(NC2=C(Cl)C(=O)N(c3cc(Cl)cc(Cl)c3)C2=O)cc1. The molecule has 2 amide bonds. The first kappa shape index (κ1) is 17.8. The van der Waals surface area contributed by atoms with Crippen molar-refractivity contribution in [3.63, 3.8) is 0 Å². The number of rotatable bonds is 4. The van der Waals surface area contributed by atoms with E-state index >= 15 is 0 Å². The zero-order valence-electron chi connectivity index (χ0n) is 13.1. The van der Waals surface area contributed by atoms with Crippen LogP contribution in [0, 0.1) is 0 Å². The zero-order chi connectivity index (χ0) is 18.1. The molecule has 0 radical (unpaired) electrons. The van der Waals surface area contributed by atoms with E-state index in [1.54, 1.807) is 0 Å². The Labute approximate surface area is 160 Å². The van der Waals surface area contributed by atoms with Crippen LogP contribution in [0.1, 0.15) is 12.5 Å². The number of nitrogens with zero attached hydrogens (tertiary/aromatic N) is 1. The topological polar surface area (TPSA) is 49.4 Å². The van der Waals surface area contributed by atoms with Gasteiger partial charge in [0.2, 0.25) is 0 Å². The van der Waals surface area contributed by atoms with Crippen LogP contribution in [0.3, 0.4) is 0 Å². The molecular formula is C18H13Cl3N2O2. The van der Waals surface area contributed by atoms with Gasteiger partial charge in [-0.1, -0.05) is 53.9 Å². The summed E-state index contributed by atoms with van der Waals surface area (Å²) in [6.07, 6.45) is 0.907. The van der Waals surface area contributed by atoms with Gasteiger partial charge in [-0.3, -0.25) is 9.59 Å². The Kier molecular flexibility index (Phi) is 5.04. The Bertz CT molecular complexity index is 871. The quantitative estimate of drug-likeness (QED) is 0.742. The molecular weight excluding hydrogens is 383 g/mol. The summed E-state index contributed by atoms with van der Waals surface area (Å²) in [6.45, 7) is 2.05. The van der Waals surface area contributed by atoms with Crippen molar-refractivity contribution in [1.29, 1.82) is 0 Å². The van der Waals surface area contributed by atoms with E-state index in [-0.39, 0.29) is 16.4 Å². The molecule has 0 saturated carbocycles. The summed E-state index contributed by atoms with van der Waals surface area (Å²) in [7, 11) is 0. The first-order chi connectivity index (χ1) is 11.9. The second-order valence-electron chi connectivity index (χ2n) is 5.44. The van der Waals surface area contributed by atoms with Crippen LogP contribution in [0.4, 0.5) is 11.4 Å². The summed E-state index contributed by atoms with van der Waals surface area (Å²) in [4.78, 5) is 26.1. The number of hydrogen-bond donors (Lipinski definition) is 1. The summed E-state index contributed by atoms with van der Waals surface area (Å²) in [6, 6.07) is 12.0. The second-order valence-corrected chi connectivity index (χ2v) is 6.69. The monoisotopic (exact) mass is 394 g/mol. The Morgan fingerprint density at radius 3 is 2.08 bits per heavy atom. The van der Waals surface area contributed by atoms with Crippen LogP contribution in [0.15, 0.2) is 53.2 Å². The van der Waals surface area contributed by atoms with Gasteiger partial charge in [0.15, 0.2) is 0 Å². The first-order valence-electron chi connectivity index (χ1n) is 7.51. The van der Waals surface area contributed by atoms with E-state index in [2.05, 4.69) is 12.2 Å². The van der Waals surface area contributed by atoms with Gasteiger partial charge < -0.3 is 5.32 Å². The predicted octanol–water partition coefficient (Wildman–Crippen LogP) is 4.99. The highest BCUT2D eigenvalue weighted by atomic mass is 35.5. The summed E-state index contributed by atoms with van der Waals surface area (Å²) in [5, 5.41) is 3.37. The van der Waals surface area contributed by atoms with E-state index in [1.165, 1.54) is 18.2 Å². The minimum Gasteiger partial charge on any atom is -0.350 e. The summed E-state index contributed by atoms with van der Waals surface area (Å²) < 4.78 is 0. The smallest absolute Gasteiger partial charge is 0.283 e. The molecule has 128 valence electrons. The van der Waals surface area contributed by atoms with Crippen molar-refractivity contribution < 1.29 is 9.59 Å². The summed E-state index contributed by atoms with van der Waals surface area (Å²) in [5.74, 6) is -1.19. The number of hydrogen-bond acceptors (Lipinski definition) is 3. The third kappa shape index (κ3) is 3.52. The van der Waals surface area contributed by atoms with E-state index in [9.17, 15) is 9.59 Å². The Morgan fingerprint density at radius 2 is 1.52 bits per heavy atom. The molecule has 2 aromatic rings. The molecule has 0 atom stereocenters. The molecule has 3 rings (SSSR count). The van der Waals surface area contributed by atoms with Crippen LogP contribution in [0.5, 0.6) is 0 Å². The average molecular weight is 396 g/mol. The van der Waals surface area contributed by atoms with E-state index in [0.29, 0.717) is 15.7 Å². The molecule has 1 heterocycles. The van der Waals surface area contributed by atoms with Crippen molar-refractivity contribution in [2.75, 3.05) is 10.2 Å².